The lowest BCUT2D eigenvalue weighted by Gasteiger charge is -2.07. The molecule has 0 spiro atoms. The number of nitrogens with zero attached hydrogens (tertiary/aromatic N) is 4. The van der Waals surface area contributed by atoms with Gasteiger partial charge in [0.2, 0.25) is 11.6 Å². The van der Waals surface area contributed by atoms with Crippen LogP contribution in [0.4, 0.5) is 0 Å². The van der Waals surface area contributed by atoms with Crippen molar-refractivity contribution in [2.45, 2.75) is 11.8 Å². The zero-order chi connectivity index (χ0) is 21.1. The van der Waals surface area contributed by atoms with Gasteiger partial charge in [0.05, 0.1) is 5.52 Å². The number of Topliss-reactive ketones (excluding diaryl/α,β-unsaturated/α-hetero) is 1. The monoisotopic (exact) mass is 420 g/mol. The second-order valence-electron chi connectivity index (χ2n) is 6.44. The highest BCUT2D eigenvalue weighted by atomic mass is 32.2. The maximum Gasteiger partial charge on any atom is 0.358 e. The topological polar surface area (TPSA) is 104 Å². The zero-order valence-corrected chi connectivity index (χ0v) is 16.7. The van der Waals surface area contributed by atoms with Crippen LogP contribution in [0.15, 0.2) is 88.9 Å². The number of hydrogen-bond donors (Lipinski definition) is 0. The second-order valence-corrected chi connectivity index (χ2v) is 7.97. The van der Waals surface area contributed by atoms with Crippen LogP contribution >= 0.6 is 0 Å². The molecule has 150 valence electrons. The average molecular weight is 420 g/mol. The summed E-state index contributed by atoms with van der Waals surface area (Å²) in [5.74, 6) is -0.893. The molecule has 3 aromatic carbocycles. The van der Waals surface area contributed by atoms with Gasteiger partial charge < -0.3 is 0 Å². The molecule has 0 aliphatic rings. The predicted molar refractivity (Wildman–Crippen MR) is 111 cm³/mol. The van der Waals surface area contributed by atoms with Crippen LogP contribution < -0.4 is 0 Å². The second kappa shape index (κ2) is 7.88. The zero-order valence-electron chi connectivity index (χ0n) is 15.8. The summed E-state index contributed by atoms with van der Waals surface area (Å²) in [5, 5.41) is 11.7. The van der Waals surface area contributed by atoms with Gasteiger partial charge in [-0.1, -0.05) is 65.4 Å². The minimum absolute atomic E-state index is 0.0770. The normalized spacial score (nSPS) is 12.1. The molecule has 0 saturated carbocycles. The van der Waals surface area contributed by atoms with E-state index < -0.39 is 15.9 Å². The number of aromatic nitrogens is 3. The number of fused-ring (bicyclic) bond motifs is 1. The average Bonchev–Trinajstić information content (AvgIpc) is 3.19. The minimum Gasteiger partial charge on any atom is -0.285 e. The van der Waals surface area contributed by atoms with Gasteiger partial charge in [0.25, 0.3) is 0 Å². The lowest BCUT2D eigenvalue weighted by Crippen LogP contribution is -2.25. The van der Waals surface area contributed by atoms with Gasteiger partial charge in [0, 0.05) is 5.56 Å². The van der Waals surface area contributed by atoms with Crippen molar-refractivity contribution in [3.8, 4) is 0 Å². The molecule has 0 bridgehead atoms. The van der Waals surface area contributed by atoms with E-state index in [4.69, 9.17) is 4.28 Å². The Hall–Kier alpha value is -3.85. The number of oxime groups is 1. The number of benzene rings is 3. The predicted octanol–water partition coefficient (Wildman–Crippen LogP) is 3.19. The smallest absolute Gasteiger partial charge is 0.285 e. The lowest BCUT2D eigenvalue weighted by molar-refractivity contribution is 0.105. The van der Waals surface area contributed by atoms with Crippen LogP contribution in [-0.2, 0) is 14.4 Å². The molecule has 0 unspecified atom stereocenters. The van der Waals surface area contributed by atoms with Crippen LogP contribution in [0.3, 0.4) is 0 Å². The molecule has 0 radical (unpaired) electrons. The Morgan fingerprint density at radius 1 is 0.933 bits per heavy atom. The molecule has 4 aromatic rings. The standard InChI is InChI=1S/C21H16N4O4S/c1-15-11-13-17(14-12-15)30(27,28)29-23-21(20(26)16-7-3-2-4-8-16)25-19-10-6-5-9-18(19)22-24-25/h2-14H,1H3. The number of carbonyl (C=O) groups is 1. The van der Waals surface area contributed by atoms with Gasteiger partial charge in [-0.3, -0.25) is 9.08 Å². The summed E-state index contributed by atoms with van der Waals surface area (Å²) >= 11 is 0. The first kappa shape index (κ1) is 19.5. The van der Waals surface area contributed by atoms with Crippen LogP contribution in [0.1, 0.15) is 15.9 Å². The number of carbonyl (C=O) groups excluding carboxylic acids is 1. The van der Waals surface area contributed by atoms with Gasteiger partial charge in [-0.2, -0.15) is 13.1 Å². The molecule has 0 amide bonds. The maximum atomic E-state index is 13.1. The van der Waals surface area contributed by atoms with Crippen molar-refractivity contribution in [2.75, 3.05) is 0 Å². The summed E-state index contributed by atoms with van der Waals surface area (Å²) in [4.78, 5) is 13.0. The summed E-state index contributed by atoms with van der Waals surface area (Å²) in [6.07, 6.45) is 0. The highest BCUT2D eigenvalue weighted by molar-refractivity contribution is 7.86. The Morgan fingerprint density at radius 3 is 2.33 bits per heavy atom. The van der Waals surface area contributed by atoms with E-state index in [0.29, 0.717) is 16.6 Å². The van der Waals surface area contributed by atoms with Gasteiger partial charge in [-0.15, -0.1) is 5.10 Å². The van der Waals surface area contributed by atoms with Crippen LogP contribution in [-0.4, -0.2) is 35.0 Å². The first-order valence-electron chi connectivity index (χ1n) is 8.94. The van der Waals surface area contributed by atoms with Crippen molar-refractivity contribution in [1.29, 1.82) is 0 Å². The number of rotatable bonds is 5. The molecule has 8 nitrogen and oxygen atoms in total. The molecule has 0 saturated heterocycles. The summed E-state index contributed by atoms with van der Waals surface area (Å²) in [6.45, 7) is 1.84. The molecule has 0 N–H and O–H groups in total. The van der Waals surface area contributed by atoms with E-state index in [1.807, 2.05) is 6.92 Å². The third kappa shape index (κ3) is 3.83. The minimum atomic E-state index is -4.23. The van der Waals surface area contributed by atoms with Crippen LogP contribution in [0.2, 0.25) is 0 Å². The van der Waals surface area contributed by atoms with Crippen molar-refractivity contribution in [2.24, 2.45) is 5.16 Å². The molecule has 0 fully saturated rings. The summed E-state index contributed by atoms with van der Waals surface area (Å²) < 4.78 is 31.2. The molecule has 9 heteroatoms. The van der Waals surface area contributed by atoms with Crippen molar-refractivity contribution in [1.82, 2.24) is 15.0 Å². The van der Waals surface area contributed by atoms with E-state index in [-0.39, 0.29) is 10.7 Å². The number of hydrogen-bond acceptors (Lipinski definition) is 7. The fraction of sp³-hybridized carbons (Fsp3) is 0.0476. The maximum absolute atomic E-state index is 13.1. The largest absolute Gasteiger partial charge is 0.358 e. The van der Waals surface area contributed by atoms with E-state index in [1.165, 1.54) is 12.1 Å². The third-order valence-electron chi connectivity index (χ3n) is 4.32. The van der Waals surface area contributed by atoms with Gasteiger partial charge >= 0.3 is 10.1 Å². The van der Waals surface area contributed by atoms with E-state index in [1.54, 1.807) is 66.7 Å². The highest BCUT2D eigenvalue weighted by Crippen LogP contribution is 2.16. The fourth-order valence-electron chi connectivity index (χ4n) is 2.75. The Balaban J connectivity index is 1.79. The van der Waals surface area contributed by atoms with E-state index >= 15 is 0 Å². The Bertz CT molecular complexity index is 1340. The summed E-state index contributed by atoms with van der Waals surface area (Å²) in [7, 11) is -4.23. The van der Waals surface area contributed by atoms with Crippen LogP contribution in [0.25, 0.3) is 11.0 Å². The summed E-state index contributed by atoms with van der Waals surface area (Å²) in [6, 6.07) is 21.3. The molecule has 0 atom stereocenters. The molecular weight excluding hydrogens is 404 g/mol. The SMILES string of the molecule is Cc1ccc(S(=O)(=O)ON=C(C(=O)c2ccccc2)n2nnc3ccccc32)cc1. The number of para-hydroxylation sites is 1. The Labute approximate surface area is 172 Å². The highest BCUT2D eigenvalue weighted by Gasteiger charge is 2.23. The van der Waals surface area contributed by atoms with E-state index in [2.05, 4.69) is 15.5 Å². The Kier molecular flexibility index (Phi) is 5.11. The van der Waals surface area contributed by atoms with Gasteiger partial charge in [-0.05, 0) is 36.3 Å². The molecule has 1 aromatic heterocycles. The molecular formula is C21H16N4O4S. The van der Waals surface area contributed by atoms with Crippen molar-refractivity contribution >= 4 is 32.8 Å². The van der Waals surface area contributed by atoms with Crippen LogP contribution in [0.5, 0.6) is 0 Å². The molecule has 1 heterocycles. The van der Waals surface area contributed by atoms with Crippen molar-refractivity contribution in [3.63, 3.8) is 0 Å². The molecule has 0 aliphatic heterocycles. The quantitative estimate of drug-likeness (QED) is 0.213. The molecule has 0 aliphatic carbocycles. The van der Waals surface area contributed by atoms with Gasteiger partial charge in [-0.25, -0.2) is 0 Å². The molecule has 4 rings (SSSR count). The number of ketones is 1. The first-order chi connectivity index (χ1) is 14.5. The van der Waals surface area contributed by atoms with Crippen molar-refractivity contribution < 1.29 is 17.5 Å². The third-order valence-corrected chi connectivity index (χ3v) is 5.44. The molecule has 30 heavy (non-hydrogen) atoms. The first-order valence-corrected chi connectivity index (χ1v) is 10.4. The summed E-state index contributed by atoms with van der Waals surface area (Å²) in [5.41, 5.74) is 2.20. The van der Waals surface area contributed by atoms with Crippen LogP contribution in [0, 0.1) is 6.92 Å². The van der Waals surface area contributed by atoms with Gasteiger partial charge in [0.1, 0.15) is 10.4 Å². The lowest BCUT2D eigenvalue weighted by atomic mass is 10.1. The van der Waals surface area contributed by atoms with Gasteiger partial charge in [0.15, 0.2) is 0 Å². The van der Waals surface area contributed by atoms with Crippen molar-refractivity contribution in [3.05, 3.63) is 90.0 Å². The van der Waals surface area contributed by atoms with E-state index in [9.17, 15) is 13.2 Å². The Morgan fingerprint density at radius 2 is 1.60 bits per heavy atom. The fourth-order valence-corrected chi connectivity index (χ4v) is 3.48. The number of aryl methyl sites for hydroxylation is 1. The van der Waals surface area contributed by atoms with E-state index in [0.717, 1.165) is 10.2 Å².